The number of benzene rings is 2. The van der Waals surface area contributed by atoms with Gasteiger partial charge in [0.15, 0.2) is 0 Å². The average molecular weight is 289 g/mol. The van der Waals surface area contributed by atoms with E-state index >= 15 is 0 Å². The molecule has 0 spiro atoms. The number of hydrogen-bond acceptors (Lipinski definition) is 0. The van der Waals surface area contributed by atoms with E-state index in [1.165, 1.54) is 27.8 Å². The molecule has 2 rings (SSSR count). The summed E-state index contributed by atoms with van der Waals surface area (Å²) in [4.78, 5) is 0.282. The average Bonchev–Trinajstić information content (AvgIpc) is 2.29. The van der Waals surface area contributed by atoms with Crippen molar-refractivity contribution in [3.05, 3.63) is 70.3 Å². The van der Waals surface area contributed by atoms with Gasteiger partial charge in [0, 0.05) is 0 Å². The maximum Gasteiger partial charge on any atom is 0.0649 e. The molecule has 0 amide bonds. The molecule has 0 nitrogen and oxygen atoms in total. The smallest absolute Gasteiger partial charge is 0.0649 e. The van der Waals surface area contributed by atoms with Crippen molar-refractivity contribution in [3.63, 3.8) is 0 Å². The lowest BCUT2D eigenvalue weighted by Crippen LogP contribution is -1.98. The van der Waals surface area contributed by atoms with Crippen LogP contribution in [0.15, 0.2) is 42.5 Å². The van der Waals surface area contributed by atoms with Crippen LogP contribution in [0.1, 0.15) is 32.6 Å². The normalized spacial score (nSPS) is 12.5. The summed E-state index contributed by atoms with van der Waals surface area (Å²) in [6.45, 7) is 6.47. The van der Waals surface area contributed by atoms with E-state index < -0.39 is 0 Å². The van der Waals surface area contributed by atoms with E-state index in [1.54, 1.807) is 0 Å². The molecule has 0 saturated heterocycles. The number of aryl methyl sites for hydroxylation is 3. The highest BCUT2D eigenvalue weighted by molar-refractivity contribution is 9.09. The summed E-state index contributed by atoms with van der Waals surface area (Å²) in [6, 6.07) is 15.2. The Kier molecular flexibility index (Phi) is 3.68. The molecule has 0 heterocycles. The fourth-order valence-electron chi connectivity index (χ4n) is 2.15. The molecule has 17 heavy (non-hydrogen) atoms. The molecule has 1 heteroatoms. The van der Waals surface area contributed by atoms with E-state index in [0.29, 0.717) is 0 Å². The molecule has 1 unspecified atom stereocenters. The lowest BCUT2D eigenvalue weighted by molar-refractivity contribution is 1.11. The Morgan fingerprint density at radius 2 is 1.47 bits per heavy atom. The summed E-state index contributed by atoms with van der Waals surface area (Å²) in [5, 5.41) is 0. The first-order valence-corrected chi connectivity index (χ1v) is 6.78. The Morgan fingerprint density at radius 1 is 0.824 bits per heavy atom. The van der Waals surface area contributed by atoms with Crippen LogP contribution in [0.4, 0.5) is 0 Å². The largest absolute Gasteiger partial charge is 0.0786 e. The van der Waals surface area contributed by atoms with Crippen LogP contribution in [0.5, 0.6) is 0 Å². The van der Waals surface area contributed by atoms with Crippen LogP contribution in [0.2, 0.25) is 0 Å². The van der Waals surface area contributed by atoms with E-state index in [9.17, 15) is 0 Å². The lowest BCUT2D eigenvalue weighted by atomic mass is 9.96. The molecule has 0 aliphatic heterocycles. The van der Waals surface area contributed by atoms with Crippen molar-refractivity contribution in [1.29, 1.82) is 0 Å². The third-order valence-corrected chi connectivity index (χ3v) is 4.15. The zero-order chi connectivity index (χ0) is 12.4. The predicted octanol–water partition coefficient (Wildman–Crippen LogP) is 5.10. The second kappa shape index (κ2) is 5.05. The third-order valence-electron chi connectivity index (χ3n) is 3.16. The first kappa shape index (κ1) is 12.4. The van der Waals surface area contributed by atoms with Crippen LogP contribution in [0, 0.1) is 20.8 Å². The monoisotopic (exact) mass is 288 g/mol. The molecule has 0 N–H and O–H groups in total. The van der Waals surface area contributed by atoms with Gasteiger partial charge in [-0.3, -0.25) is 0 Å². The van der Waals surface area contributed by atoms with Gasteiger partial charge in [-0.2, -0.15) is 0 Å². The first-order valence-electron chi connectivity index (χ1n) is 5.86. The second-order valence-corrected chi connectivity index (χ2v) is 5.49. The van der Waals surface area contributed by atoms with Crippen LogP contribution in [0.3, 0.4) is 0 Å². The zero-order valence-corrected chi connectivity index (χ0v) is 12.1. The number of halogens is 1. The molecule has 88 valence electrons. The minimum absolute atomic E-state index is 0.282. The third kappa shape index (κ3) is 2.61. The Labute approximate surface area is 112 Å². The highest BCUT2D eigenvalue weighted by Gasteiger charge is 2.14. The van der Waals surface area contributed by atoms with Gasteiger partial charge in [0.2, 0.25) is 0 Å². The highest BCUT2D eigenvalue weighted by Crippen LogP contribution is 2.34. The Bertz CT molecular complexity index is 529. The quantitative estimate of drug-likeness (QED) is 0.675. The van der Waals surface area contributed by atoms with Gasteiger partial charge in [0.05, 0.1) is 4.83 Å². The molecule has 0 fully saturated rings. The van der Waals surface area contributed by atoms with Gasteiger partial charge in [-0.05, 0) is 43.0 Å². The molecule has 0 aromatic heterocycles. The summed E-state index contributed by atoms with van der Waals surface area (Å²) in [5.74, 6) is 0. The van der Waals surface area contributed by atoms with Crippen molar-refractivity contribution >= 4 is 15.9 Å². The van der Waals surface area contributed by atoms with Gasteiger partial charge in [-0.1, -0.05) is 64.0 Å². The van der Waals surface area contributed by atoms with Crippen LogP contribution in [0.25, 0.3) is 0 Å². The molecule has 0 radical (unpaired) electrons. The fourth-order valence-corrected chi connectivity index (χ4v) is 3.18. The Hall–Kier alpha value is -1.08. The highest BCUT2D eigenvalue weighted by atomic mass is 79.9. The standard InChI is InChI=1S/C16H17Br/c1-11-8-9-15(13(3)10-11)16(17)14-7-5-4-6-12(14)2/h4-10,16H,1-3H3. The maximum atomic E-state index is 3.82. The van der Waals surface area contributed by atoms with Crippen LogP contribution >= 0.6 is 15.9 Å². The van der Waals surface area contributed by atoms with Gasteiger partial charge in [0.25, 0.3) is 0 Å². The maximum absolute atomic E-state index is 3.82. The summed E-state index contributed by atoms with van der Waals surface area (Å²) in [6.07, 6.45) is 0. The number of hydrogen-bond donors (Lipinski definition) is 0. The molecule has 0 saturated carbocycles. The summed E-state index contributed by atoms with van der Waals surface area (Å²) >= 11 is 3.82. The minimum Gasteiger partial charge on any atom is -0.0786 e. The van der Waals surface area contributed by atoms with Crippen molar-refractivity contribution < 1.29 is 0 Å². The molecule has 0 aliphatic carbocycles. The van der Waals surface area contributed by atoms with Crippen molar-refractivity contribution in [2.45, 2.75) is 25.6 Å². The van der Waals surface area contributed by atoms with E-state index in [-0.39, 0.29) is 4.83 Å². The Balaban J connectivity index is 2.44. The molecule has 1 atom stereocenters. The van der Waals surface area contributed by atoms with Crippen LogP contribution in [-0.4, -0.2) is 0 Å². The van der Waals surface area contributed by atoms with Gasteiger partial charge < -0.3 is 0 Å². The SMILES string of the molecule is Cc1ccc(C(Br)c2ccccc2C)c(C)c1. The topological polar surface area (TPSA) is 0 Å². The van der Waals surface area contributed by atoms with Gasteiger partial charge in [0.1, 0.15) is 0 Å². The van der Waals surface area contributed by atoms with E-state index in [4.69, 9.17) is 0 Å². The fraction of sp³-hybridized carbons (Fsp3) is 0.250. The van der Waals surface area contributed by atoms with Crippen molar-refractivity contribution in [2.75, 3.05) is 0 Å². The molecule has 0 aliphatic rings. The van der Waals surface area contributed by atoms with E-state index in [0.717, 1.165) is 0 Å². The van der Waals surface area contributed by atoms with Crippen LogP contribution in [-0.2, 0) is 0 Å². The zero-order valence-electron chi connectivity index (χ0n) is 10.5. The van der Waals surface area contributed by atoms with Gasteiger partial charge in [-0.15, -0.1) is 0 Å². The van der Waals surface area contributed by atoms with Crippen LogP contribution < -0.4 is 0 Å². The van der Waals surface area contributed by atoms with Crippen molar-refractivity contribution in [3.8, 4) is 0 Å². The van der Waals surface area contributed by atoms with Crippen molar-refractivity contribution in [1.82, 2.24) is 0 Å². The number of alkyl halides is 1. The van der Waals surface area contributed by atoms with E-state index in [2.05, 4.69) is 79.2 Å². The Morgan fingerprint density at radius 3 is 2.12 bits per heavy atom. The van der Waals surface area contributed by atoms with Crippen molar-refractivity contribution in [2.24, 2.45) is 0 Å². The molecular weight excluding hydrogens is 272 g/mol. The summed E-state index contributed by atoms with van der Waals surface area (Å²) in [5.41, 5.74) is 6.68. The van der Waals surface area contributed by atoms with Gasteiger partial charge >= 0.3 is 0 Å². The molecule has 2 aromatic rings. The summed E-state index contributed by atoms with van der Waals surface area (Å²) in [7, 11) is 0. The predicted molar refractivity (Wildman–Crippen MR) is 77.9 cm³/mol. The first-order chi connectivity index (χ1) is 8.09. The van der Waals surface area contributed by atoms with E-state index in [1.807, 2.05) is 0 Å². The second-order valence-electron chi connectivity index (χ2n) is 4.58. The molecular formula is C16H17Br. The molecule has 2 aromatic carbocycles. The van der Waals surface area contributed by atoms with Gasteiger partial charge in [-0.25, -0.2) is 0 Å². The molecule has 0 bridgehead atoms. The lowest BCUT2D eigenvalue weighted by Gasteiger charge is -2.16. The minimum atomic E-state index is 0.282. The number of rotatable bonds is 2. The summed E-state index contributed by atoms with van der Waals surface area (Å²) < 4.78 is 0.